The molecule has 0 saturated carbocycles. The van der Waals surface area contributed by atoms with Crippen LogP contribution in [-0.4, -0.2) is 30.4 Å². The van der Waals surface area contributed by atoms with Crippen LogP contribution in [-0.2, 0) is 4.84 Å². The number of oxime groups is 1. The zero-order chi connectivity index (χ0) is 10.8. The molecule has 0 aromatic heterocycles. The monoisotopic (exact) mass is 218 g/mol. The molecule has 0 saturated heterocycles. The molecule has 0 aromatic carbocycles. The number of carbonyl (C=O) groups is 1. The predicted octanol–water partition coefficient (Wildman–Crippen LogP) is 2.25. The zero-order valence-corrected chi connectivity index (χ0v) is 9.82. The lowest BCUT2D eigenvalue weighted by atomic mass is 10.4. The highest BCUT2D eigenvalue weighted by Crippen LogP contribution is 2.04. The molecule has 0 aliphatic carbocycles. The van der Waals surface area contributed by atoms with Gasteiger partial charge in [0.25, 0.3) is 0 Å². The molecule has 0 rings (SSSR count). The van der Waals surface area contributed by atoms with Crippen LogP contribution in [0, 0.1) is 0 Å². The van der Waals surface area contributed by atoms with Crippen LogP contribution in [0.5, 0.6) is 0 Å². The number of hydrogen-bond acceptors (Lipinski definition) is 4. The molecule has 82 valence electrons. The Labute approximate surface area is 89.5 Å². The Morgan fingerprint density at radius 1 is 1.57 bits per heavy atom. The second-order valence-corrected chi connectivity index (χ2v) is 3.97. The number of carbonyl (C=O) groups excluding carboxylic acids is 1. The van der Waals surface area contributed by atoms with Gasteiger partial charge in [-0.25, -0.2) is 4.79 Å². The molecule has 1 amide bonds. The van der Waals surface area contributed by atoms with E-state index in [2.05, 4.69) is 22.2 Å². The number of hydrogen-bond donors (Lipinski definition) is 1. The lowest BCUT2D eigenvalue weighted by Crippen LogP contribution is -2.17. The van der Waals surface area contributed by atoms with E-state index in [1.165, 1.54) is 19.9 Å². The molecule has 0 atom stereocenters. The summed E-state index contributed by atoms with van der Waals surface area (Å²) < 4.78 is 0. The molecule has 0 fully saturated rings. The molecule has 14 heavy (non-hydrogen) atoms. The van der Waals surface area contributed by atoms with Crippen LogP contribution >= 0.6 is 11.8 Å². The van der Waals surface area contributed by atoms with E-state index >= 15 is 0 Å². The predicted molar refractivity (Wildman–Crippen MR) is 60.9 cm³/mol. The van der Waals surface area contributed by atoms with Crippen molar-refractivity contribution in [2.24, 2.45) is 5.16 Å². The van der Waals surface area contributed by atoms with Crippen LogP contribution in [0.25, 0.3) is 0 Å². The molecule has 4 nitrogen and oxygen atoms in total. The molecular weight excluding hydrogens is 200 g/mol. The smallest absolute Gasteiger partial charge is 0.323 e. The van der Waals surface area contributed by atoms with Crippen molar-refractivity contribution >= 4 is 23.6 Å². The van der Waals surface area contributed by atoms with Crippen LogP contribution in [0.2, 0.25) is 0 Å². The van der Waals surface area contributed by atoms with Crippen LogP contribution in [0.1, 0.15) is 26.7 Å². The SMILES string of the molecule is CCCCSCC(C)=NOC(=O)NC. The second kappa shape index (κ2) is 8.87. The van der Waals surface area contributed by atoms with E-state index in [4.69, 9.17) is 0 Å². The number of rotatable bonds is 6. The van der Waals surface area contributed by atoms with Gasteiger partial charge in [0.05, 0.1) is 5.71 Å². The van der Waals surface area contributed by atoms with E-state index in [0.717, 1.165) is 17.2 Å². The largest absolute Gasteiger partial charge is 0.433 e. The quantitative estimate of drug-likeness (QED) is 0.322. The lowest BCUT2D eigenvalue weighted by Gasteiger charge is -2.00. The molecule has 0 bridgehead atoms. The summed E-state index contributed by atoms with van der Waals surface area (Å²) in [5, 5.41) is 6.00. The molecular formula is C9H18N2O2S. The molecule has 0 radical (unpaired) electrons. The average Bonchev–Trinajstić information content (AvgIpc) is 2.21. The number of nitrogens with zero attached hydrogens (tertiary/aromatic N) is 1. The number of unbranched alkanes of at least 4 members (excludes halogenated alkanes) is 1. The highest BCUT2D eigenvalue weighted by atomic mass is 32.2. The maximum Gasteiger partial charge on any atom is 0.433 e. The highest BCUT2D eigenvalue weighted by Gasteiger charge is 1.97. The first-order valence-electron chi connectivity index (χ1n) is 4.70. The zero-order valence-electron chi connectivity index (χ0n) is 9.00. The van der Waals surface area contributed by atoms with Crippen molar-refractivity contribution in [2.45, 2.75) is 26.7 Å². The Morgan fingerprint density at radius 3 is 2.86 bits per heavy atom. The summed E-state index contributed by atoms with van der Waals surface area (Å²) in [6.45, 7) is 4.01. The Hall–Kier alpha value is -0.710. The van der Waals surface area contributed by atoms with Gasteiger partial charge >= 0.3 is 6.09 Å². The Bertz CT molecular complexity index is 195. The molecule has 0 aliphatic rings. The standard InChI is InChI=1S/C9H18N2O2S/c1-4-5-6-14-7-8(2)11-13-9(12)10-3/h4-7H2,1-3H3,(H,10,12). The number of nitrogens with one attached hydrogen (secondary N) is 1. The van der Waals surface area contributed by atoms with Gasteiger partial charge in [-0.1, -0.05) is 18.5 Å². The Balaban J connectivity index is 3.51. The van der Waals surface area contributed by atoms with Crippen molar-refractivity contribution in [3.8, 4) is 0 Å². The van der Waals surface area contributed by atoms with Gasteiger partial charge in [0.15, 0.2) is 0 Å². The molecule has 1 N–H and O–H groups in total. The molecule has 0 aromatic rings. The number of thioether (sulfide) groups is 1. The van der Waals surface area contributed by atoms with E-state index in [1.807, 2.05) is 6.92 Å². The third kappa shape index (κ3) is 7.91. The van der Waals surface area contributed by atoms with E-state index in [-0.39, 0.29) is 0 Å². The molecule has 0 spiro atoms. The fourth-order valence-electron chi connectivity index (χ4n) is 0.658. The first-order valence-corrected chi connectivity index (χ1v) is 5.86. The number of amides is 1. The van der Waals surface area contributed by atoms with E-state index in [1.54, 1.807) is 11.8 Å². The summed E-state index contributed by atoms with van der Waals surface area (Å²) in [4.78, 5) is 15.2. The summed E-state index contributed by atoms with van der Waals surface area (Å²) in [6, 6.07) is 0. The molecule has 0 heterocycles. The summed E-state index contributed by atoms with van der Waals surface area (Å²) in [6.07, 6.45) is 1.90. The lowest BCUT2D eigenvalue weighted by molar-refractivity contribution is 0.153. The fourth-order valence-corrected chi connectivity index (χ4v) is 1.64. The summed E-state index contributed by atoms with van der Waals surface area (Å²) in [5.41, 5.74) is 0.828. The third-order valence-electron chi connectivity index (χ3n) is 1.44. The van der Waals surface area contributed by atoms with Crippen molar-refractivity contribution in [1.29, 1.82) is 0 Å². The van der Waals surface area contributed by atoms with Crippen LogP contribution in [0.3, 0.4) is 0 Å². The van der Waals surface area contributed by atoms with Crippen LogP contribution in [0.4, 0.5) is 4.79 Å². The van der Waals surface area contributed by atoms with Gasteiger partial charge < -0.3 is 5.32 Å². The normalized spacial score (nSPS) is 11.2. The second-order valence-electron chi connectivity index (χ2n) is 2.86. The molecule has 0 aliphatic heterocycles. The van der Waals surface area contributed by atoms with E-state index in [9.17, 15) is 4.79 Å². The summed E-state index contributed by atoms with van der Waals surface area (Å²) >= 11 is 1.80. The average molecular weight is 218 g/mol. The van der Waals surface area contributed by atoms with Crippen LogP contribution in [0.15, 0.2) is 5.16 Å². The van der Waals surface area contributed by atoms with Gasteiger partial charge in [-0.05, 0) is 19.1 Å². The van der Waals surface area contributed by atoms with Gasteiger partial charge in [-0.15, -0.1) is 0 Å². The van der Waals surface area contributed by atoms with Crippen molar-refractivity contribution in [1.82, 2.24) is 5.32 Å². The molecule has 5 heteroatoms. The maximum absolute atomic E-state index is 10.6. The van der Waals surface area contributed by atoms with Gasteiger partial charge in [0.2, 0.25) is 0 Å². The van der Waals surface area contributed by atoms with Gasteiger partial charge in [0, 0.05) is 12.8 Å². The van der Waals surface area contributed by atoms with Gasteiger partial charge in [0.1, 0.15) is 0 Å². The Kier molecular flexibility index (Phi) is 8.42. The topological polar surface area (TPSA) is 50.7 Å². The maximum atomic E-state index is 10.6. The van der Waals surface area contributed by atoms with Crippen LogP contribution < -0.4 is 5.32 Å². The van der Waals surface area contributed by atoms with E-state index < -0.39 is 6.09 Å². The highest BCUT2D eigenvalue weighted by molar-refractivity contribution is 7.99. The minimum atomic E-state index is -0.525. The van der Waals surface area contributed by atoms with E-state index in [0.29, 0.717) is 0 Å². The minimum absolute atomic E-state index is 0.525. The fraction of sp³-hybridized carbons (Fsp3) is 0.778. The van der Waals surface area contributed by atoms with Crippen molar-refractivity contribution in [2.75, 3.05) is 18.6 Å². The van der Waals surface area contributed by atoms with Gasteiger partial charge in [-0.2, -0.15) is 11.8 Å². The van der Waals surface area contributed by atoms with Crippen molar-refractivity contribution in [3.05, 3.63) is 0 Å². The molecule has 0 unspecified atom stereocenters. The summed E-state index contributed by atoms with van der Waals surface area (Å²) in [5.74, 6) is 1.94. The van der Waals surface area contributed by atoms with Gasteiger partial charge in [-0.3, -0.25) is 4.84 Å². The minimum Gasteiger partial charge on any atom is -0.323 e. The first kappa shape index (κ1) is 13.3. The third-order valence-corrected chi connectivity index (χ3v) is 2.64. The summed E-state index contributed by atoms with van der Waals surface area (Å²) in [7, 11) is 1.50. The Morgan fingerprint density at radius 2 is 2.29 bits per heavy atom. The van der Waals surface area contributed by atoms with Crippen molar-refractivity contribution in [3.63, 3.8) is 0 Å². The van der Waals surface area contributed by atoms with Crippen molar-refractivity contribution < 1.29 is 9.63 Å². The first-order chi connectivity index (χ1) is 6.70.